The smallest absolute Gasteiger partial charge is 0.128 e. The Morgan fingerprint density at radius 2 is 2.24 bits per heavy atom. The Morgan fingerprint density at radius 1 is 1.43 bits per heavy atom. The highest BCUT2D eigenvalue weighted by Gasteiger charge is 2.25. The monoisotopic (exact) mass is 309 g/mol. The molecule has 0 spiro atoms. The maximum absolute atomic E-state index is 13.7. The Bertz CT molecular complexity index is 652. The van der Waals surface area contributed by atoms with Crippen molar-refractivity contribution < 1.29 is 4.39 Å². The molecular formula is C16H21ClFN3. The first kappa shape index (κ1) is 14.8. The van der Waals surface area contributed by atoms with Gasteiger partial charge < -0.3 is 4.57 Å². The summed E-state index contributed by atoms with van der Waals surface area (Å²) >= 11 is 6.05. The van der Waals surface area contributed by atoms with E-state index in [1.54, 1.807) is 6.92 Å². The van der Waals surface area contributed by atoms with E-state index in [2.05, 4.69) is 21.4 Å². The highest BCUT2D eigenvalue weighted by molar-refractivity contribution is 6.16. The molecule has 1 unspecified atom stereocenters. The van der Waals surface area contributed by atoms with Crippen molar-refractivity contribution in [1.82, 2.24) is 14.5 Å². The maximum atomic E-state index is 13.7. The number of fused-ring (bicyclic) bond motifs is 1. The lowest BCUT2D eigenvalue weighted by atomic mass is 10.2. The summed E-state index contributed by atoms with van der Waals surface area (Å²) in [4.78, 5) is 7.00. The van der Waals surface area contributed by atoms with Gasteiger partial charge in [0.05, 0.1) is 16.9 Å². The molecule has 0 bridgehead atoms. The number of likely N-dealkylation sites (tertiary alicyclic amines) is 1. The number of likely N-dealkylation sites (N-methyl/N-ethyl adjacent to an activating group) is 1. The van der Waals surface area contributed by atoms with Gasteiger partial charge in [-0.25, -0.2) is 9.37 Å². The summed E-state index contributed by atoms with van der Waals surface area (Å²) in [5, 5.41) is 0. The van der Waals surface area contributed by atoms with Crippen molar-refractivity contribution in [3.63, 3.8) is 0 Å². The zero-order valence-corrected chi connectivity index (χ0v) is 13.3. The molecule has 1 aliphatic rings. The molecular weight excluding hydrogens is 289 g/mol. The number of aryl methyl sites for hydroxylation is 1. The third-order valence-electron chi connectivity index (χ3n) is 4.53. The van der Waals surface area contributed by atoms with Gasteiger partial charge >= 0.3 is 0 Å². The van der Waals surface area contributed by atoms with Gasteiger partial charge in [0, 0.05) is 18.7 Å². The molecule has 1 aromatic carbocycles. The van der Waals surface area contributed by atoms with E-state index >= 15 is 0 Å². The molecule has 1 saturated heterocycles. The summed E-state index contributed by atoms with van der Waals surface area (Å²) < 4.78 is 15.9. The van der Waals surface area contributed by atoms with Crippen LogP contribution in [-0.2, 0) is 12.4 Å². The van der Waals surface area contributed by atoms with Crippen molar-refractivity contribution in [3.8, 4) is 0 Å². The fourth-order valence-electron chi connectivity index (χ4n) is 3.33. The van der Waals surface area contributed by atoms with Gasteiger partial charge in [-0.15, -0.1) is 11.6 Å². The number of aromatic nitrogens is 2. The number of hydrogen-bond donors (Lipinski definition) is 0. The highest BCUT2D eigenvalue weighted by atomic mass is 35.5. The second kappa shape index (κ2) is 5.93. The molecule has 0 amide bonds. The molecule has 2 aromatic rings. The molecule has 1 fully saturated rings. The second-order valence-electron chi connectivity index (χ2n) is 5.79. The fourth-order valence-corrected chi connectivity index (χ4v) is 3.54. The predicted molar refractivity (Wildman–Crippen MR) is 84.3 cm³/mol. The summed E-state index contributed by atoms with van der Waals surface area (Å²) in [6.45, 7) is 7.11. The standard InChI is InChI=1S/C16H21ClFN3/c1-3-20-6-4-5-12(20)10-21-15-7-11(2)13(18)8-14(15)19-16(21)9-17/h7-8,12H,3-6,9-10H2,1-2H3. The lowest BCUT2D eigenvalue weighted by Gasteiger charge is -2.24. The summed E-state index contributed by atoms with van der Waals surface area (Å²) in [6.07, 6.45) is 2.45. The summed E-state index contributed by atoms with van der Waals surface area (Å²) in [5.41, 5.74) is 2.35. The molecule has 1 atom stereocenters. The SMILES string of the molecule is CCN1CCCC1Cn1c(CCl)nc2cc(F)c(C)cc21. The Hall–Kier alpha value is -1.13. The van der Waals surface area contributed by atoms with Crippen LogP contribution in [0.2, 0.25) is 0 Å². The molecule has 114 valence electrons. The van der Waals surface area contributed by atoms with Gasteiger partial charge in [-0.2, -0.15) is 0 Å². The maximum Gasteiger partial charge on any atom is 0.128 e. The van der Waals surface area contributed by atoms with Gasteiger partial charge in [0.2, 0.25) is 0 Å². The van der Waals surface area contributed by atoms with E-state index in [-0.39, 0.29) is 5.82 Å². The van der Waals surface area contributed by atoms with Crippen molar-refractivity contribution in [2.45, 2.75) is 45.2 Å². The minimum absolute atomic E-state index is 0.204. The lowest BCUT2D eigenvalue weighted by Crippen LogP contribution is -2.33. The van der Waals surface area contributed by atoms with Crippen LogP contribution in [0.4, 0.5) is 4.39 Å². The van der Waals surface area contributed by atoms with E-state index in [0.29, 0.717) is 23.0 Å². The van der Waals surface area contributed by atoms with Gasteiger partial charge in [0.15, 0.2) is 0 Å². The van der Waals surface area contributed by atoms with Crippen LogP contribution in [0.3, 0.4) is 0 Å². The normalized spacial score (nSPS) is 19.7. The van der Waals surface area contributed by atoms with Gasteiger partial charge in [-0.05, 0) is 44.5 Å². The number of halogens is 2. The van der Waals surface area contributed by atoms with Gasteiger partial charge in [-0.1, -0.05) is 6.92 Å². The quantitative estimate of drug-likeness (QED) is 0.803. The van der Waals surface area contributed by atoms with E-state index in [4.69, 9.17) is 11.6 Å². The van der Waals surface area contributed by atoms with Crippen molar-refractivity contribution in [1.29, 1.82) is 0 Å². The first-order valence-electron chi connectivity index (χ1n) is 7.59. The van der Waals surface area contributed by atoms with Crippen LogP contribution in [0.15, 0.2) is 12.1 Å². The number of hydrogen-bond acceptors (Lipinski definition) is 2. The molecule has 0 saturated carbocycles. The molecule has 1 aliphatic heterocycles. The van der Waals surface area contributed by atoms with Crippen LogP contribution in [0.1, 0.15) is 31.2 Å². The molecule has 5 heteroatoms. The van der Waals surface area contributed by atoms with Crippen LogP contribution in [0, 0.1) is 12.7 Å². The molecule has 3 rings (SSSR count). The second-order valence-corrected chi connectivity index (χ2v) is 6.05. The lowest BCUT2D eigenvalue weighted by molar-refractivity contribution is 0.245. The van der Waals surface area contributed by atoms with Crippen molar-refractivity contribution >= 4 is 22.6 Å². The molecule has 2 heterocycles. The van der Waals surface area contributed by atoms with Crippen LogP contribution >= 0.6 is 11.6 Å². The first-order chi connectivity index (χ1) is 10.1. The van der Waals surface area contributed by atoms with E-state index in [0.717, 1.165) is 31.0 Å². The average molecular weight is 310 g/mol. The molecule has 0 radical (unpaired) electrons. The Balaban J connectivity index is 2.01. The zero-order chi connectivity index (χ0) is 15.0. The number of nitrogens with zero attached hydrogens (tertiary/aromatic N) is 3. The van der Waals surface area contributed by atoms with Crippen LogP contribution < -0.4 is 0 Å². The molecule has 0 N–H and O–H groups in total. The largest absolute Gasteiger partial charge is 0.325 e. The van der Waals surface area contributed by atoms with Gasteiger partial charge in [0.25, 0.3) is 0 Å². The minimum Gasteiger partial charge on any atom is -0.325 e. The molecule has 21 heavy (non-hydrogen) atoms. The number of rotatable bonds is 4. The van der Waals surface area contributed by atoms with E-state index in [9.17, 15) is 4.39 Å². The van der Waals surface area contributed by atoms with Gasteiger partial charge in [0.1, 0.15) is 11.6 Å². The third-order valence-corrected chi connectivity index (χ3v) is 4.76. The molecule has 3 nitrogen and oxygen atoms in total. The topological polar surface area (TPSA) is 21.1 Å². The Kier molecular flexibility index (Phi) is 4.18. The van der Waals surface area contributed by atoms with E-state index in [1.807, 2.05) is 6.07 Å². The van der Waals surface area contributed by atoms with Gasteiger partial charge in [-0.3, -0.25) is 4.90 Å². The van der Waals surface area contributed by atoms with E-state index < -0.39 is 0 Å². The van der Waals surface area contributed by atoms with E-state index in [1.165, 1.54) is 18.9 Å². The molecule has 1 aromatic heterocycles. The summed E-state index contributed by atoms with van der Waals surface area (Å²) in [6, 6.07) is 3.93. The number of benzene rings is 1. The van der Waals surface area contributed by atoms with Crippen LogP contribution in [-0.4, -0.2) is 33.6 Å². The zero-order valence-electron chi connectivity index (χ0n) is 12.6. The first-order valence-corrected chi connectivity index (χ1v) is 8.12. The summed E-state index contributed by atoms with van der Waals surface area (Å²) in [5.74, 6) is 0.984. The Morgan fingerprint density at radius 3 is 2.95 bits per heavy atom. The third kappa shape index (κ3) is 2.67. The van der Waals surface area contributed by atoms with Crippen molar-refractivity contribution in [2.75, 3.05) is 13.1 Å². The average Bonchev–Trinajstić information content (AvgIpc) is 3.05. The minimum atomic E-state index is -0.204. The highest BCUT2D eigenvalue weighted by Crippen LogP contribution is 2.25. The molecule has 0 aliphatic carbocycles. The summed E-state index contributed by atoms with van der Waals surface area (Å²) in [7, 11) is 0. The van der Waals surface area contributed by atoms with Crippen molar-refractivity contribution in [3.05, 3.63) is 29.3 Å². The van der Waals surface area contributed by atoms with Crippen LogP contribution in [0.25, 0.3) is 11.0 Å². The Labute approximate surface area is 129 Å². The van der Waals surface area contributed by atoms with Crippen molar-refractivity contribution in [2.24, 2.45) is 0 Å². The van der Waals surface area contributed by atoms with Crippen LogP contribution in [0.5, 0.6) is 0 Å². The number of alkyl halides is 1. The number of imidazole rings is 1. The predicted octanol–water partition coefficient (Wildman–Crippen LogP) is 3.71. The fraction of sp³-hybridized carbons (Fsp3) is 0.562.